The summed E-state index contributed by atoms with van der Waals surface area (Å²) in [6.07, 6.45) is 36.6. The highest BCUT2D eigenvalue weighted by atomic mass is 16.5. The highest BCUT2D eigenvalue weighted by molar-refractivity contribution is 5.79. The van der Waals surface area contributed by atoms with Gasteiger partial charge in [0.1, 0.15) is 0 Å². The van der Waals surface area contributed by atoms with E-state index in [4.69, 9.17) is 9.84 Å². The molecule has 0 bridgehead atoms. The Kier molecular flexibility index (Phi) is 29.2. The second-order valence-electron chi connectivity index (χ2n) is 11.4. The maximum Gasteiger partial charge on any atom is 0.309 e. The van der Waals surface area contributed by atoms with Gasteiger partial charge in [0.2, 0.25) is 0 Å². The SMILES string of the molecule is CCC/C=C/CCCCCCCCCCCCCCCCCCCCCCC(CC(=O)O)C(=O)OCCC. The summed E-state index contributed by atoms with van der Waals surface area (Å²) in [7, 11) is 0. The van der Waals surface area contributed by atoms with Crippen LogP contribution in [0.2, 0.25) is 0 Å². The average molecular weight is 537 g/mol. The third kappa shape index (κ3) is 27.7. The first-order valence-electron chi connectivity index (χ1n) is 16.6. The zero-order valence-corrected chi connectivity index (χ0v) is 25.5. The molecule has 1 unspecified atom stereocenters. The van der Waals surface area contributed by atoms with Crippen molar-refractivity contribution in [3.63, 3.8) is 0 Å². The molecular weight excluding hydrogens is 472 g/mol. The molecule has 0 aromatic rings. The van der Waals surface area contributed by atoms with Crippen LogP contribution in [0.4, 0.5) is 0 Å². The van der Waals surface area contributed by atoms with Gasteiger partial charge in [0.15, 0.2) is 0 Å². The molecule has 4 heteroatoms. The third-order valence-electron chi connectivity index (χ3n) is 7.50. The van der Waals surface area contributed by atoms with Crippen molar-refractivity contribution in [3.8, 4) is 0 Å². The van der Waals surface area contributed by atoms with E-state index in [1.807, 2.05) is 6.92 Å². The summed E-state index contributed by atoms with van der Waals surface area (Å²) >= 11 is 0. The smallest absolute Gasteiger partial charge is 0.309 e. The second-order valence-corrected chi connectivity index (χ2v) is 11.4. The van der Waals surface area contributed by atoms with Crippen molar-refractivity contribution >= 4 is 11.9 Å². The third-order valence-corrected chi connectivity index (χ3v) is 7.50. The molecule has 224 valence electrons. The predicted molar refractivity (Wildman–Crippen MR) is 163 cm³/mol. The van der Waals surface area contributed by atoms with E-state index >= 15 is 0 Å². The number of unbranched alkanes of at least 4 members (excludes halogenated alkanes) is 21. The lowest BCUT2D eigenvalue weighted by Gasteiger charge is -2.13. The highest BCUT2D eigenvalue weighted by Crippen LogP contribution is 2.18. The molecule has 0 saturated carbocycles. The van der Waals surface area contributed by atoms with E-state index in [-0.39, 0.29) is 12.4 Å². The van der Waals surface area contributed by atoms with Crippen LogP contribution in [0.25, 0.3) is 0 Å². The first kappa shape index (κ1) is 36.7. The summed E-state index contributed by atoms with van der Waals surface area (Å²) < 4.78 is 5.16. The normalized spacial score (nSPS) is 12.3. The van der Waals surface area contributed by atoms with Gasteiger partial charge >= 0.3 is 11.9 Å². The average Bonchev–Trinajstić information content (AvgIpc) is 2.90. The van der Waals surface area contributed by atoms with Gasteiger partial charge in [-0.3, -0.25) is 9.59 Å². The van der Waals surface area contributed by atoms with Crippen molar-refractivity contribution in [2.24, 2.45) is 5.92 Å². The number of esters is 1. The number of allylic oxidation sites excluding steroid dienone is 2. The van der Waals surface area contributed by atoms with Gasteiger partial charge in [-0.2, -0.15) is 0 Å². The molecular formula is C34H64O4. The molecule has 0 fully saturated rings. The van der Waals surface area contributed by atoms with Gasteiger partial charge in [-0.25, -0.2) is 0 Å². The van der Waals surface area contributed by atoms with E-state index in [0.717, 1.165) is 19.3 Å². The fourth-order valence-electron chi connectivity index (χ4n) is 5.07. The second kappa shape index (κ2) is 30.2. The van der Waals surface area contributed by atoms with Crippen LogP contribution < -0.4 is 0 Å². The lowest BCUT2D eigenvalue weighted by atomic mass is 9.97. The minimum absolute atomic E-state index is 0.111. The van der Waals surface area contributed by atoms with E-state index in [2.05, 4.69) is 19.1 Å². The maximum absolute atomic E-state index is 12.0. The first-order chi connectivity index (χ1) is 18.6. The van der Waals surface area contributed by atoms with Gasteiger partial charge in [0.05, 0.1) is 18.9 Å². The van der Waals surface area contributed by atoms with Crippen molar-refractivity contribution in [3.05, 3.63) is 12.2 Å². The number of carbonyl (C=O) groups excluding carboxylic acids is 1. The molecule has 0 amide bonds. The molecule has 0 spiro atoms. The summed E-state index contributed by atoms with van der Waals surface area (Å²) in [6, 6.07) is 0. The summed E-state index contributed by atoms with van der Waals surface area (Å²) in [6.45, 7) is 4.57. The molecule has 0 radical (unpaired) electrons. The topological polar surface area (TPSA) is 63.6 Å². The number of aliphatic carboxylic acids is 1. The van der Waals surface area contributed by atoms with Crippen LogP contribution in [0.1, 0.15) is 181 Å². The van der Waals surface area contributed by atoms with Crippen LogP contribution in [-0.2, 0) is 14.3 Å². The number of carboxylic acids is 1. The standard InChI is InChI=1S/C34H64O4/c1-3-5-6-7-8-9-10-11-12-13-14-15-16-17-18-19-20-21-22-23-24-25-26-27-28-29-32(31-33(35)36)34(37)38-30-4-2/h6-7,32H,3-5,8-31H2,1-2H3,(H,35,36)/b7-6+. The van der Waals surface area contributed by atoms with E-state index in [9.17, 15) is 9.59 Å². The molecule has 38 heavy (non-hydrogen) atoms. The minimum atomic E-state index is -0.915. The van der Waals surface area contributed by atoms with E-state index in [0.29, 0.717) is 13.0 Å². The summed E-state index contributed by atoms with van der Waals surface area (Å²) in [5, 5.41) is 9.04. The molecule has 0 aromatic carbocycles. The van der Waals surface area contributed by atoms with Crippen LogP contribution in [0.15, 0.2) is 12.2 Å². The van der Waals surface area contributed by atoms with Crippen molar-refractivity contribution in [2.75, 3.05) is 6.61 Å². The summed E-state index contributed by atoms with van der Waals surface area (Å²) in [5.74, 6) is -1.74. The molecule has 4 nitrogen and oxygen atoms in total. The van der Waals surface area contributed by atoms with Crippen molar-refractivity contribution < 1.29 is 19.4 Å². The van der Waals surface area contributed by atoms with E-state index in [1.54, 1.807) is 0 Å². The molecule has 0 aliphatic heterocycles. The molecule has 0 rings (SSSR count). The molecule has 0 aliphatic rings. The van der Waals surface area contributed by atoms with Gasteiger partial charge in [0.25, 0.3) is 0 Å². The minimum Gasteiger partial charge on any atom is -0.481 e. The fraction of sp³-hybridized carbons (Fsp3) is 0.882. The molecule has 0 aliphatic carbocycles. The zero-order chi connectivity index (χ0) is 27.9. The van der Waals surface area contributed by atoms with Gasteiger partial charge in [-0.15, -0.1) is 0 Å². The van der Waals surface area contributed by atoms with Crippen molar-refractivity contribution in [1.29, 1.82) is 0 Å². The number of hydrogen-bond acceptors (Lipinski definition) is 3. The predicted octanol–water partition coefficient (Wildman–Crippen LogP) is 11.0. The summed E-state index contributed by atoms with van der Waals surface area (Å²) in [4.78, 5) is 23.0. The summed E-state index contributed by atoms with van der Waals surface area (Å²) in [5.41, 5.74) is 0. The molecule has 0 aromatic heterocycles. The Morgan fingerprint density at radius 2 is 0.974 bits per heavy atom. The van der Waals surface area contributed by atoms with E-state index < -0.39 is 11.9 Å². The Morgan fingerprint density at radius 1 is 0.579 bits per heavy atom. The number of rotatable bonds is 30. The lowest BCUT2D eigenvalue weighted by Crippen LogP contribution is -2.21. The van der Waals surface area contributed by atoms with Crippen LogP contribution >= 0.6 is 0 Å². The Balaban J connectivity index is 3.33. The van der Waals surface area contributed by atoms with Crippen LogP contribution in [0, 0.1) is 5.92 Å². The zero-order valence-electron chi connectivity index (χ0n) is 25.5. The Hall–Kier alpha value is -1.32. The largest absolute Gasteiger partial charge is 0.481 e. The van der Waals surface area contributed by atoms with E-state index in [1.165, 1.54) is 135 Å². The lowest BCUT2D eigenvalue weighted by molar-refractivity contribution is -0.153. The maximum atomic E-state index is 12.0. The Labute approximate surface area is 236 Å². The number of carboxylic acid groups (broad SMARTS) is 1. The van der Waals surface area contributed by atoms with Crippen molar-refractivity contribution in [1.82, 2.24) is 0 Å². The quantitative estimate of drug-likeness (QED) is 0.0563. The number of hydrogen-bond donors (Lipinski definition) is 1. The van der Waals surface area contributed by atoms with Gasteiger partial charge < -0.3 is 9.84 Å². The number of carbonyl (C=O) groups is 2. The fourth-order valence-corrected chi connectivity index (χ4v) is 5.07. The number of ether oxygens (including phenoxy) is 1. The molecule has 1 N–H and O–H groups in total. The Bertz CT molecular complexity index is 543. The van der Waals surface area contributed by atoms with Gasteiger partial charge in [-0.1, -0.05) is 154 Å². The molecule has 0 heterocycles. The molecule has 1 atom stereocenters. The van der Waals surface area contributed by atoms with Crippen LogP contribution in [0.3, 0.4) is 0 Å². The highest BCUT2D eigenvalue weighted by Gasteiger charge is 2.22. The van der Waals surface area contributed by atoms with Crippen molar-refractivity contribution in [2.45, 2.75) is 181 Å². The van der Waals surface area contributed by atoms with Crippen LogP contribution in [0.5, 0.6) is 0 Å². The van der Waals surface area contributed by atoms with Gasteiger partial charge in [-0.05, 0) is 32.1 Å². The Morgan fingerprint density at radius 3 is 1.37 bits per heavy atom. The van der Waals surface area contributed by atoms with Gasteiger partial charge in [0, 0.05) is 0 Å². The monoisotopic (exact) mass is 536 g/mol. The molecule has 0 saturated heterocycles. The first-order valence-corrected chi connectivity index (χ1v) is 16.6. The van der Waals surface area contributed by atoms with Crippen LogP contribution in [-0.4, -0.2) is 23.7 Å².